The smallest absolute Gasteiger partial charge is 0.0695 e. The molecule has 0 amide bonds. The first-order valence-electron chi connectivity index (χ1n) is 9.07. The Balaban J connectivity index is 1.93. The second-order valence-corrected chi connectivity index (χ2v) is 8.08. The molecule has 0 saturated heterocycles. The molecule has 21 heavy (non-hydrogen) atoms. The molecule has 2 N–H and O–H groups in total. The number of hydrogen-bond acceptors (Lipinski definition) is 3. The molecule has 3 heteroatoms. The van der Waals surface area contributed by atoms with Gasteiger partial charge in [-0.2, -0.15) is 0 Å². The molecule has 0 bridgehead atoms. The van der Waals surface area contributed by atoms with Crippen LogP contribution in [0.2, 0.25) is 0 Å². The minimum atomic E-state index is -0.111. The van der Waals surface area contributed by atoms with Gasteiger partial charge in [0.2, 0.25) is 0 Å². The van der Waals surface area contributed by atoms with Crippen LogP contribution < -0.4 is 5.32 Å². The van der Waals surface area contributed by atoms with Crippen molar-refractivity contribution in [3.63, 3.8) is 0 Å². The summed E-state index contributed by atoms with van der Waals surface area (Å²) < 4.78 is 0. The van der Waals surface area contributed by atoms with Gasteiger partial charge in [0, 0.05) is 18.6 Å². The van der Waals surface area contributed by atoms with Crippen LogP contribution in [0.1, 0.15) is 65.7 Å². The minimum Gasteiger partial charge on any atom is -0.391 e. The Morgan fingerprint density at radius 2 is 1.90 bits per heavy atom. The summed E-state index contributed by atoms with van der Waals surface area (Å²) in [6.07, 6.45) is 8.37. The molecule has 4 atom stereocenters. The average Bonchev–Trinajstić information content (AvgIpc) is 2.72. The normalized spacial score (nSPS) is 36.3. The third kappa shape index (κ3) is 4.20. The Bertz CT molecular complexity index is 318. The Morgan fingerprint density at radius 3 is 2.57 bits per heavy atom. The van der Waals surface area contributed by atoms with Crippen molar-refractivity contribution in [3.05, 3.63) is 0 Å². The molecule has 0 aromatic carbocycles. The Labute approximate surface area is 131 Å². The standard InChI is InChI=1S/C18H36N2O/c1-5-12-19-17-14(10-11-18(17,2)3)13-20(4)15-8-6-7-9-16(15)21/h14-17,19,21H,5-13H2,1-4H3. The molecule has 0 radical (unpaired) electrons. The van der Waals surface area contributed by atoms with E-state index in [-0.39, 0.29) is 6.10 Å². The number of hydrogen-bond donors (Lipinski definition) is 2. The first kappa shape index (κ1) is 17.2. The molecule has 3 nitrogen and oxygen atoms in total. The summed E-state index contributed by atoms with van der Waals surface area (Å²) >= 11 is 0. The van der Waals surface area contributed by atoms with E-state index in [4.69, 9.17) is 0 Å². The van der Waals surface area contributed by atoms with Crippen LogP contribution >= 0.6 is 0 Å². The molecule has 2 saturated carbocycles. The quantitative estimate of drug-likeness (QED) is 0.791. The van der Waals surface area contributed by atoms with E-state index < -0.39 is 0 Å². The van der Waals surface area contributed by atoms with Gasteiger partial charge in [0.25, 0.3) is 0 Å². The number of nitrogens with zero attached hydrogens (tertiary/aromatic N) is 1. The van der Waals surface area contributed by atoms with E-state index in [0.717, 1.165) is 25.4 Å². The number of aliphatic hydroxyl groups is 1. The second-order valence-electron chi connectivity index (χ2n) is 8.08. The summed E-state index contributed by atoms with van der Waals surface area (Å²) in [5, 5.41) is 14.1. The molecule has 2 fully saturated rings. The zero-order valence-electron chi connectivity index (χ0n) is 14.6. The summed E-state index contributed by atoms with van der Waals surface area (Å²) in [5.74, 6) is 0.727. The van der Waals surface area contributed by atoms with Gasteiger partial charge in [-0.05, 0) is 57.0 Å². The van der Waals surface area contributed by atoms with Gasteiger partial charge in [0.05, 0.1) is 6.10 Å². The van der Waals surface area contributed by atoms with E-state index in [0.29, 0.717) is 17.5 Å². The minimum absolute atomic E-state index is 0.111. The predicted octanol–water partition coefficient (Wildman–Crippen LogP) is 3.03. The lowest BCUT2D eigenvalue weighted by Crippen LogP contribution is -2.49. The van der Waals surface area contributed by atoms with E-state index >= 15 is 0 Å². The van der Waals surface area contributed by atoms with Crippen LogP contribution in [0.25, 0.3) is 0 Å². The van der Waals surface area contributed by atoms with Crippen molar-refractivity contribution in [2.75, 3.05) is 20.1 Å². The highest BCUT2D eigenvalue weighted by molar-refractivity contribution is 4.97. The summed E-state index contributed by atoms with van der Waals surface area (Å²) in [5.41, 5.74) is 0.409. The first-order chi connectivity index (χ1) is 9.95. The fraction of sp³-hybridized carbons (Fsp3) is 1.00. The highest BCUT2D eigenvalue weighted by atomic mass is 16.3. The van der Waals surface area contributed by atoms with Gasteiger partial charge >= 0.3 is 0 Å². The van der Waals surface area contributed by atoms with Gasteiger partial charge in [-0.3, -0.25) is 0 Å². The molecule has 2 aliphatic rings. The summed E-state index contributed by atoms with van der Waals surface area (Å²) in [6.45, 7) is 9.33. The van der Waals surface area contributed by atoms with Gasteiger partial charge in [0.15, 0.2) is 0 Å². The van der Waals surface area contributed by atoms with Crippen molar-refractivity contribution in [1.82, 2.24) is 10.2 Å². The molecular formula is C18H36N2O. The van der Waals surface area contributed by atoms with Crippen molar-refractivity contribution in [3.8, 4) is 0 Å². The predicted molar refractivity (Wildman–Crippen MR) is 89.5 cm³/mol. The van der Waals surface area contributed by atoms with Crippen molar-refractivity contribution in [2.24, 2.45) is 11.3 Å². The number of aliphatic hydroxyl groups excluding tert-OH is 1. The molecule has 124 valence electrons. The fourth-order valence-electron chi connectivity index (χ4n) is 4.57. The van der Waals surface area contributed by atoms with Crippen LogP contribution in [0, 0.1) is 11.3 Å². The lowest BCUT2D eigenvalue weighted by molar-refractivity contribution is 0.0230. The van der Waals surface area contributed by atoms with Crippen molar-refractivity contribution in [2.45, 2.75) is 83.9 Å². The molecule has 0 heterocycles. The van der Waals surface area contributed by atoms with Gasteiger partial charge in [-0.25, -0.2) is 0 Å². The molecule has 0 aliphatic heterocycles. The first-order valence-corrected chi connectivity index (χ1v) is 9.07. The number of rotatable bonds is 6. The lowest BCUT2D eigenvalue weighted by Gasteiger charge is -2.39. The third-order valence-corrected chi connectivity index (χ3v) is 5.87. The highest BCUT2D eigenvalue weighted by Crippen LogP contribution is 2.42. The van der Waals surface area contributed by atoms with Crippen LogP contribution in [0.4, 0.5) is 0 Å². The van der Waals surface area contributed by atoms with E-state index in [1.165, 1.54) is 38.5 Å². The van der Waals surface area contributed by atoms with Gasteiger partial charge in [-0.1, -0.05) is 33.6 Å². The summed E-state index contributed by atoms with van der Waals surface area (Å²) in [7, 11) is 2.22. The van der Waals surface area contributed by atoms with Gasteiger partial charge < -0.3 is 15.3 Å². The van der Waals surface area contributed by atoms with Crippen LogP contribution in [-0.2, 0) is 0 Å². The zero-order chi connectivity index (χ0) is 15.5. The Hall–Kier alpha value is -0.120. The highest BCUT2D eigenvalue weighted by Gasteiger charge is 2.42. The maximum atomic E-state index is 10.3. The van der Waals surface area contributed by atoms with E-state index in [1.54, 1.807) is 0 Å². The van der Waals surface area contributed by atoms with Crippen molar-refractivity contribution < 1.29 is 5.11 Å². The molecule has 0 spiro atoms. The van der Waals surface area contributed by atoms with Gasteiger partial charge in [0.1, 0.15) is 0 Å². The molecule has 2 rings (SSSR count). The van der Waals surface area contributed by atoms with Crippen LogP contribution in [0.5, 0.6) is 0 Å². The van der Waals surface area contributed by atoms with Gasteiger partial charge in [-0.15, -0.1) is 0 Å². The van der Waals surface area contributed by atoms with Crippen molar-refractivity contribution >= 4 is 0 Å². The van der Waals surface area contributed by atoms with Crippen LogP contribution in [0.3, 0.4) is 0 Å². The second kappa shape index (κ2) is 7.43. The fourth-order valence-corrected chi connectivity index (χ4v) is 4.57. The maximum absolute atomic E-state index is 10.3. The topological polar surface area (TPSA) is 35.5 Å². The number of likely N-dealkylation sites (N-methyl/N-ethyl adjacent to an activating group) is 1. The van der Waals surface area contributed by atoms with Crippen LogP contribution in [-0.4, -0.2) is 48.3 Å². The molecule has 2 aliphatic carbocycles. The summed E-state index contributed by atoms with van der Waals surface area (Å²) in [4.78, 5) is 2.45. The molecular weight excluding hydrogens is 260 g/mol. The molecule has 4 unspecified atom stereocenters. The molecule has 0 aromatic rings. The van der Waals surface area contributed by atoms with Crippen LogP contribution in [0.15, 0.2) is 0 Å². The third-order valence-electron chi connectivity index (χ3n) is 5.87. The number of nitrogens with one attached hydrogen (secondary N) is 1. The Morgan fingerprint density at radius 1 is 1.19 bits per heavy atom. The monoisotopic (exact) mass is 296 g/mol. The Kier molecular flexibility index (Phi) is 6.10. The summed E-state index contributed by atoms with van der Waals surface area (Å²) in [6, 6.07) is 1.01. The lowest BCUT2D eigenvalue weighted by atomic mass is 9.84. The largest absolute Gasteiger partial charge is 0.391 e. The average molecular weight is 296 g/mol. The molecule has 0 aromatic heterocycles. The van der Waals surface area contributed by atoms with E-state index in [9.17, 15) is 5.11 Å². The van der Waals surface area contributed by atoms with E-state index in [1.807, 2.05) is 0 Å². The SMILES string of the molecule is CCCNC1C(CN(C)C2CCCCC2O)CCC1(C)C. The van der Waals surface area contributed by atoms with E-state index in [2.05, 4.69) is 38.0 Å². The zero-order valence-corrected chi connectivity index (χ0v) is 14.6. The van der Waals surface area contributed by atoms with Crippen molar-refractivity contribution in [1.29, 1.82) is 0 Å². The maximum Gasteiger partial charge on any atom is 0.0695 e.